The van der Waals surface area contributed by atoms with Gasteiger partial charge in [-0.05, 0) is 30.5 Å². The quantitative estimate of drug-likeness (QED) is 0.257. The molecule has 2 aromatic rings. The fourth-order valence-electron chi connectivity index (χ4n) is 5.73. The number of ether oxygens (including phenoxy) is 1. The lowest BCUT2D eigenvalue weighted by Crippen LogP contribution is -2.65. The second-order valence-corrected chi connectivity index (χ2v) is 12.3. The molecule has 2 saturated heterocycles. The van der Waals surface area contributed by atoms with Crippen molar-refractivity contribution in [3.8, 4) is 0 Å². The Balaban J connectivity index is 1.45. The molecule has 1 spiro atoms. The van der Waals surface area contributed by atoms with Crippen LogP contribution in [-0.4, -0.2) is 95.8 Å². The van der Waals surface area contributed by atoms with Crippen LogP contribution in [0.25, 0.3) is 0 Å². The van der Waals surface area contributed by atoms with Crippen LogP contribution in [-0.2, 0) is 35.6 Å². The van der Waals surface area contributed by atoms with E-state index in [1.54, 1.807) is 30.3 Å². The average molecular weight is 589 g/mol. The number of nitrogens with zero attached hydrogens (tertiary/aromatic N) is 4. The third kappa shape index (κ3) is 5.17. The van der Waals surface area contributed by atoms with Crippen molar-refractivity contribution in [1.29, 1.82) is 0 Å². The van der Waals surface area contributed by atoms with Crippen LogP contribution in [0.2, 0.25) is 0 Å². The van der Waals surface area contributed by atoms with E-state index in [0.29, 0.717) is 0 Å². The Hall–Kier alpha value is -3.91. The molecule has 2 heterocycles. The number of hydrogen-bond acceptors (Lipinski definition) is 8. The highest BCUT2D eigenvalue weighted by Gasteiger charge is 2.63. The number of rotatable bonds is 8. The number of carbonyl (C=O) groups is 3. The summed E-state index contributed by atoms with van der Waals surface area (Å²) in [7, 11) is -3.04. The zero-order valence-electron chi connectivity index (χ0n) is 22.2. The number of likely N-dealkylation sites (tertiary alicyclic amines) is 1. The van der Waals surface area contributed by atoms with Crippen LogP contribution in [0.1, 0.15) is 24.8 Å². The van der Waals surface area contributed by atoms with Crippen molar-refractivity contribution in [1.82, 2.24) is 14.1 Å². The monoisotopic (exact) mass is 588 g/mol. The van der Waals surface area contributed by atoms with Crippen molar-refractivity contribution >= 4 is 33.5 Å². The molecule has 0 N–H and O–H groups in total. The van der Waals surface area contributed by atoms with E-state index in [-0.39, 0.29) is 55.9 Å². The number of sulfonamides is 1. The highest BCUT2D eigenvalue weighted by Crippen LogP contribution is 2.48. The van der Waals surface area contributed by atoms with Crippen LogP contribution in [0.3, 0.4) is 0 Å². The fraction of sp³-hybridized carbons (Fsp3) is 0.444. The van der Waals surface area contributed by atoms with E-state index in [1.165, 1.54) is 4.90 Å². The molecular weight excluding hydrogens is 559 g/mol. The Bertz CT molecular complexity index is 1470. The summed E-state index contributed by atoms with van der Waals surface area (Å²) in [5.74, 6) is -1.91. The van der Waals surface area contributed by atoms with Gasteiger partial charge in [-0.25, -0.2) is 17.6 Å². The van der Waals surface area contributed by atoms with Gasteiger partial charge in [0.15, 0.2) is 0 Å². The standard InChI is InChI=1S/C27H29FN4O8S/c1-40-25(34)23-16-19(28)17-30(23)24(33)22(15-18-5-3-2-4-6-18)29-13-14-31(27(11-12-27)26(29)35)41(38,39)21-9-7-20(8-10-21)32(36)37/h2-10,19,22-23H,11-17H2,1H3/t19-,22-,23-/m0/s1. The minimum absolute atomic E-state index is 0.0813. The molecule has 0 bridgehead atoms. The van der Waals surface area contributed by atoms with Gasteiger partial charge in [0.1, 0.15) is 23.8 Å². The number of non-ortho nitro benzene ring substituents is 1. The molecule has 1 saturated carbocycles. The van der Waals surface area contributed by atoms with E-state index in [9.17, 15) is 37.3 Å². The molecule has 218 valence electrons. The summed E-state index contributed by atoms with van der Waals surface area (Å²) in [5.41, 5.74) is -0.935. The Labute approximate surface area is 235 Å². The molecule has 41 heavy (non-hydrogen) atoms. The van der Waals surface area contributed by atoms with Gasteiger partial charge in [0.05, 0.1) is 23.5 Å². The Morgan fingerprint density at radius 2 is 1.78 bits per heavy atom. The summed E-state index contributed by atoms with van der Waals surface area (Å²) in [4.78, 5) is 53.0. The van der Waals surface area contributed by atoms with Gasteiger partial charge >= 0.3 is 5.97 Å². The molecule has 2 amide bonds. The molecule has 0 unspecified atom stereocenters. The van der Waals surface area contributed by atoms with Gasteiger partial charge in [0.2, 0.25) is 21.8 Å². The summed E-state index contributed by atoms with van der Waals surface area (Å²) in [6, 6.07) is 11.1. The lowest BCUT2D eigenvalue weighted by atomic mass is 10.00. The van der Waals surface area contributed by atoms with Gasteiger partial charge in [-0.1, -0.05) is 30.3 Å². The number of benzene rings is 2. The second-order valence-electron chi connectivity index (χ2n) is 10.4. The minimum atomic E-state index is -4.20. The van der Waals surface area contributed by atoms with Crippen molar-refractivity contribution in [2.45, 2.75) is 54.4 Å². The smallest absolute Gasteiger partial charge is 0.328 e. The second kappa shape index (κ2) is 10.8. The van der Waals surface area contributed by atoms with Crippen LogP contribution >= 0.6 is 0 Å². The summed E-state index contributed by atoms with van der Waals surface area (Å²) < 4.78 is 47.5. The van der Waals surface area contributed by atoms with Gasteiger partial charge in [-0.15, -0.1) is 0 Å². The normalized spacial score (nSPS) is 22.9. The van der Waals surface area contributed by atoms with Gasteiger partial charge < -0.3 is 14.5 Å². The van der Waals surface area contributed by atoms with E-state index < -0.39 is 56.5 Å². The van der Waals surface area contributed by atoms with Crippen molar-refractivity contribution in [2.75, 3.05) is 26.7 Å². The van der Waals surface area contributed by atoms with Crippen LogP contribution < -0.4 is 0 Å². The molecule has 12 nitrogen and oxygen atoms in total. The van der Waals surface area contributed by atoms with Gasteiger partial charge in [0, 0.05) is 38.1 Å². The molecule has 1 aliphatic carbocycles. The summed E-state index contributed by atoms with van der Waals surface area (Å²) in [6.07, 6.45) is -1.09. The zero-order chi connectivity index (χ0) is 29.5. The maximum Gasteiger partial charge on any atom is 0.328 e. The van der Waals surface area contributed by atoms with Crippen LogP contribution in [0, 0.1) is 10.1 Å². The predicted molar refractivity (Wildman–Crippen MR) is 142 cm³/mol. The highest BCUT2D eigenvalue weighted by molar-refractivity contribution is 7.89. The first-order valence-corrected chi connectivity index (χ1v) is 14.6. The molecule has 0 aromatic heterocycles. The molecular formula is C27H29FN4O8S. The predicted octanol–water partition coefficient (Wildman–Crippen LogP) is 1.68. The van der Waals surface area contributed by atoms with Crippen molar-refractivity contribution in [2.24, 2.45) is 0 Å². The molecule has 3 aliphatic rings. The molecule has 3 atom stereocenters. The number of nitro benzene ring substituents is 1. The minimum Gasteiger partial charge on any atom is -0.467 e. The molecule has 0 radical (unpaired) electrons. The molecule has 14 heteroatoms. The SMILES string of the molecule is COC(=O)[C@@H]1C[C@H](F)CN1C(=O)[C@H](Cc1ccccc1)N1CCN(S(=O)(=O)c2ccc([N+](=O)[O-])cc2)C2(CC2)C1=O. The van der Waals surface area contributed by atoms with Gasteiger partial charge in [-0.3, -0.25) is 19.7 Å². The fourth-order valence-corrected chi connectivity index (χ4v) is 7.51. The van der Waals surface area contributed by atoms with E-state index in [2.05, 4.69) is 0 Å². The van der Waals surface area contributed by atoms with E-state index in [0.717, 1.165) is 46.1 Å². The molecule has 5 rings (SSSR count). The highest BCUT2D eigenvalue weighted by atomic mass is 32.2. The number of alkyl halides is 1. The molecule has 2 aliphatic heterocycles. The number of methoxy groups -OCH3 is 1. The van der Waals surface area contributed by atoms with Gasteiger partial charge in [-0.2, -0.15) is 4.31 Å². The number of hydrogen-bond donors (Lipinski definition) is 0. The Kier molecular flexibility index (Phi) is 7.55. The lowest BCUT2D eigenvalue weighted by Gasteiger charge is -2.44. The third-order valence-corrected chi connectivity index (χ3v) is 9.96. The Morgan fingerprint density at radius 3 is 2.37 bits per heavy atom. The number of carbonyl (C=O) groups excluding carboxylic acids is 3. The number of halogens is 1. The van der Waals surface area contributed by atoms with Crippen LogP contribution in [0.4, 0.5) is 10.1 Å². The topological polar surface area (TPSA) is 147 Å². The molecule has 2 aromatic carbocycles. The lowest BCUT2D eigenvalue weighted by molar-refractivity contribution is -0.384. The maximum atomic E-state index is 14.4. The van der Waals surface area contributed by atoms with Crippen molar-refractivity contribution in [3.05, 3.63) is 70.3 Å². The van der Waals surface area contributed by atoms with E-state index in [1.807, 2.05) is 0 Å². The van der Waals surface area contributed by atoms with E-state index in [4.69, 9.17) is 4.74 Å². The van der Waals surface area contributed by atoms with E-state index >= 15 is 0 Å². The summed E-state index contributed by atoms with van der Waals surface area (Å²) in [6.45, 7) is -0.556. The first-order valence-electron chi connectivity index (χ1n) is 13.1. The number of nitro groups is 1. The maximum absolute atomic E-state index is 14.4. The van der Waals surface area contributed by atoms with Crippen molar-refractivity contribution < 1.29 is 36.9 Å². The summed E-state index contributed by atoms with van der Waals surface area (Å²) >= 11 is 0. The van der Waals surface area contributed by atoms with Crippen LogP contribution in [0.15, 0.2) is 59.5 Å². The Morgan fingerprint density at radius 1 is 1.12 bits per heavy atom. The zero-order valence-corrected chi connectivity index (χ0v) is 23.0. The first-order chi connectivity index (χ1) is 19.5. The summed E-state index contributed by atoms with van der Waals surface area (Å²) in [5, 5.41) is 11.0. The third-order valence-electron chi connectivity index (χ3n) is 7.98. The number of esters is 1. The average Bonchev–Trinajstić information content (AvgIpc) is 3.65. The van der Waals surface area contributed by atoms with Crippen molar-refractivity contribution in [3.63, 3.8) is 0 Å². The van der Waals surface area contributed by atoms with Gasteiger partial charge in [0.25, 0.3) is 5.69 Å². The largest absolute Gasteiger partial charge is 0.467 e. The molecule has 3 fully saturated rings. The number of piperazine rings is 1. The first kappa shape index (κ1) is 28.6. The van der Waals surface area contributed by atoms with Crippen LogP contribution in [0.5, 0.6) is 0 Å². The number of amides is 2.